The van der Waals surface area contributed by atoms with Crippen LogP contribution in [0.1, 0.15) is 26.7 Å². The minimum Gasteiger partial charge on any atom is -0.476 e. The van der Waals surface area contributed by atoms with Gasteiger partial charge in [-0.25, -0.2) is 14.8 Å². The Morgan fingerprint density at radius 3 is 2.37 bits per heavy atom. The molecule has 2 heterocycles. The first-order valence-corrected chi connectivity index (χ1v) is 7.17. The fraction of sp³-hybridized carbons (Fsp3) is 0.0625. The molecule has 0 aliphatic carbocycles. The predicted molar refractivity (Wildman–Crippen MR) is 84.4 cm³/mol. The third-order valence-corrected chi connectivity index (χ3v) is 3.38. The summed E-state index contributed by atoms with van der Waals surface area (Å²) in [6, 6.07) is 3.69. The molecule has 3 aromatic rings. The summed E-state index contributed by atoms with van der Waals surface area (Å²) < 4.78 is 42.7. The van der Waals surface area contributed by atoms with Crippen molar-refractivity contribution in [2.45, 2.75) is 6.18 Å². The highest BCUT2D eigenvalue weighted by Gasteiger charge is 2.35. The summed E-state index contributed by atoms with van der Waals surface area (Å²) in [6.45, 7) is 0. The Kier molecular flexibility index (Phi) is 4.35. The van der Waals surface area contributed by atoms with Crippen LogP contribution in [0.4, 0.5) is 18.9 Å². The Hall–Kier alpha value is -3.76. The minimum absolute atomic E-state index is 0.0292. The van der Waals surface area contributed by atoms with Gasteiger partial charge in [0, 0.05) is 24.1 Å². The molecule has 0 atom stereocenters. The number of aromatic nitrogens is 2. The second-order valence-electron chi connectivity index (χ2n) is 5.20. The van der Waals surface area contributed by atoms with Gasteiger partial charge in [-0.1, -0.05) is 0 Å². The van der Waals surface area contributed by atoms with Gasteiger partial charge in [-0.05, 0) is 18.2 Å². The van der Waals surface area contributed by atoms with E-state index in [1.165, 1.54) is 6.07 Å². The van der Waals surface area contributed by atoms with E-state index in [0.717, 1.165) is 24.5 Å². The molecule has 11 heteroatoms. The van der Waals surface area contributed by atoms with Crippen LogP contribution in [0.3, 0.4) is 0 Å². The molecule has 0 radical (unpaired) electrons. The van der Waals surface area contributed by atoms with Gasteiger partial charge in [0.2, 0.25) is 5.76 Å². The maximum absolute atomic E-state index is 12.7. The van der Waals surface area contributed by atoms with E-state index in [-0.39, 0.29) is 16.7 Å². The Balaban J connectivity index is 1.97. The predicted octanol–water partition coefficient (Wildman–Crippen LogP) is 2.55. The lowest BCUT2D eigenvalue weighted by Gasteiger charge is -2.09. The molecule has 3 rings (SSSR count). The van der Waals surface area contributed by atoms with Gasteiger partial charge in [0.1, 0.15) is 5.58 Å². The molecule has 0 saturated carbocycles. The summed E-state index contributed by atoms with van der Waals surface area (Å²) in [7, 11) is 0. The number of nitrogens with one attached hydrogen (secondary N) is 1. The minimum atomic E-state index is -4.82. The van der Waals surface area contributed by atoms with Gasteiger partial charge in [0.15, 0.2) is 16.8 Å². The summed E-state index contributed by atoms with van der Waals surface area (Å²) in [4.78, 5) is 42.4. The number of hydrogen-bond acceptors (Lipinski definition) is 6. The average molecular weight is 379 g/mol. The maximum atomic E-state index is 12.7. The SMILES string of the molecule is O=C(O)c1nccnc1C(=O)Nc1ccc2oc(C(F)(F)F)cc(=O)c2c1. The monoisotopic (exact) mass is 379 g/mol. The third-order valence-electron chi connectivity index (χ3n) is 3.38. The molecule has 1 amide bonds. The summed E-state index contributed by atoms with van der Waals surface area (Å²) in [5.74, 6) is -3.83. The zero-order valence-corrected chi connectivity index (χ0v) is 13.1. The smallest absolute Gasteiger partial charge is 0.449 e. The highest BCUT2D eigenvalue weighted by Crippen LogP contribution is 2.30. The van der Waals surface area contributed by atoms with Crippen LogP contribution in [-0.2, 0) is 6.18 Å². The molecule has 0 aliphatic rings. The molecule has 0 unspecified atom stereocenters. The number of hydrogen-bond donors (Lipinski definition) is 2. The van der Waals surface area contributed by atoms with Gasteiger partial charge in [-0.2, -0.15) is 13.2 Å². The lowest BCUT2D eigenvalue weighted by molar-refractivity contribution is -0.152. The van der Waals surface area contributed by atoms with E-state index in [1.54, 1.807) is 0 Å². The van der Waals surface area contributed by atoms with Crippen molar-refractivity contribution in [2.75, 3.05) is 5.32 Å². The molecule has 0 spiro atoms. The van der Waals surface area contributed by atoms with Crippen LogP contribution in [0.2, 0.25) is 0 Å². The maximum Gasteiger partial charge on any atom is 0.449 e. The van der Waals surface area contributed by atoms with E-state index >= 15 is 0 Å². The van der Waals surface area contributed by atoms with Gasteiger partial charge in [0.25, 0.3) is 5.91 Å². The molecule has 138 valence electrons. The molecule has 1 aromatic carbocycles. The van der Waals surface area contributed by atoms with Crippen molar-refractivity contribution in [1.82, 2.24) is 9.97 Å². The number of amides is 1. The molecule has 0 saturated heterocycles. The van der Waals surface area contributed by atoms with Gasteiger partial charge in [0.05, 0.1) is 5.39 Å². The topological polar surface area (TPSA) is 122 Å². The number of benzene rings is 1. The summed E-state index contributed by atoms with van der Waals surface area (Å²) >= 11 is 0. The number of rotatable bonds is 3. The summed E-state index contributed by atoms with van der Waals surface area (Å²) in [5, 5.41) is 11.1. The zero-order chi connectivity index (χ0) is 19.8. The lowest BCUT2D eigenvalue weighted by Crippen LogP contribution is -2.19. The van der Waals surface area contributed by atoms with E-state index in [0.29, 0.717) is 6.07 Å². The van der Waals surface area contributed by atoms with Crippen molar-refractivity contribution in [2.24, 2.45) is 0 Å². The quantitative estimate of drug-likeness (QED) is 0.717. The molecular formula is C16H8F3N3O5. The first-order chi connectivity index (χ1) is 12.7. The number of carboxylic acids is 1. The standard InChI is InChI=1S/C16H8F3N3O5/c17-16(18,19)11-6-9(23)8-5-7(1-2-10(8)27-11)22-14(24)12-13(15(25)26)21-4-3-20-12/h1-6H,(H,22,24)(H,25,26). The molecule has 0 bridgehead atoms. The van der Waals surface area contributed by atoms with Crippen molar-refractivity contribution in [3.8, 4) is 0 Å². The molecule has 0 fully saturated rings. The molecule has 2 aromatic heterocycles. The van der Waals surface area contributed by atoms with Gasteiger partial charge >= 0.3 is 12.1 Å². The number of halogens is 3. The first-order valence-electron chi connectivity index (χ1n) is 7.17. The molecular weight excluding hydrogens is 371 g/mol. The Bertz CT molecular complexity index is 1120. The largest absolute Gasteiger partial charge is 0.476 e. The van der Waals surface area contributed by atoms with Gasteiger partial charge < -0.3 is 14.8 Å². The van der Waals surface area contributed by atoms with Crippen LogP contribution >= 0.6 is 0 Å². The third kappa shape index (κ3) is 3.61. The Morgan fingerprint density at radius 2 is 1.74 bits per heavy atom. The summed E-state index contributed by atoms with van der Waals surface area (Å²) in [6.07, 6.45) is -2.60. The van der Waals surface area contributed by atoms with Crippen LogP contribution in [0.15, 0.2) is 45.9 Å². The Morgan fingerprint density at radius 1 is 1.07 bits per heavy atom. The van der Waals surface area contributed by atoms with Crippen LogP contribution < -0.4 is 10.7 Å². The van der Waals surface area contributed by atoms with Crippen molar-refractivity contribution in [1.29, 1.82) is 0 Å². The van der Waals surface area contributed by atoms with Crippen LogP contribution in [0.25, 0.3) is 11.0 Å². The normalized spacial score (nSPS) is 11.4. The zero-order valence-electron chi connectivity index (χ0n) is 13.1. The van der Waals surface area contributed by atoms with Crippen molar-refractivity contribution in [3.05, 3.63) is 64.0 Å². The number of aromatic carboxylic acids is 1. The van der Waals surface area contributed by atoms with Gasteiger partial charge in [-0.15, -0.1) is 0 Å². The van der Waals surface area contributed by atoms with Crippen molar-refractivity contribution in [3.63, 3.8) is 0 Å². The molecule has 27 heavy (non-hydrogen) atoms. The number of anilines is 1. The number of carboxylic acid groups (broad SMARTS) is 1. The van der Waals surface area contributed by atoms with E-state index < -0.39 is 40.6 Å². The van der Waals surface area contributed by atoms with E-state index in [4.69, 9.17) is 5.11 Å². The number of alkyl halides is 3. The van der Waals surface area contributed by atoms with Crippen LogP contribution in [-0.4, -0.2) is 27.0 Å². The number of fused-ring (bicyclic) bond motifs is 1. The molecule has 8 nitrogen and oxygen atoms in total. The van der Waals surface area contributed by atoms with Gasteiger partial charge in [-0.3, -0.25) is 9.59 Å². The molecule has 2 N–H and O–H groups in total. The summed E-state index contributed by atoms with van der Waals surface area (Å²) in [5.41, 5.74) is -2.29. The fourth-order valence-electron chi connectivity index (χ4n) is 2.22. The van der Waals surface area contributed by atoms with E-state index in [2.05, 4.69) is 19.7 Å². The van der Waals surface area contributed by atoms with E-state index in [9.17, 15) is 27.6 Å². The van der Waals surface area contributed by atoms with Crippen molar-refractivity contribution >= 4 is 28.5 Å². The number of carbonyl (C=O) groups is 2. The highest BCUT2D eigenvalue weighted by molar-refractivity contribution is 6.08. The fourth-order valence-corrected chi connectivity index (χ4v) is 2.22. The highest BCUT2D eigenvalue weighted by atomic mass is 19.4. The first kappa shape index (κ1) is 18.0. The van der Waals surface area contributed by atoms with E-state index in [1.807, 2.05) is 0 Å². The molecule has 0 aliphatic heterocycles. The second kappa shape index (κ2) is 6.52. The van der Waals surface area contributed by atoms with Crippen LogP contribution in [0.5, 0.6) is 0 Å². The average Bonchev–Trinajstić information content (AvgIpc) is 2.61. The number of nitrogens with zero attached hydrogens (tertiary/aromatic N) is 2. The Labute approximate surface area is 147 Å². The van der Waals surface area contributed by atoms with Crippen molar-refractivity contribution < 1.29 is 32.3 Å². The van der Waals surface area contributed by atoms with Crippen LogP contribution in [0, 0.1) is 0 Å². The number of carbonyl (C=O) groups excluding carboxylic acids is 1. The lowest BCUT2D eigenvalue weighted by atomic mass is 10.2. The second-order valence-corrected chi connectivity index (χ2v) is 5.20.